The molecule has 1 unspecified atom stereocenters. The lowest BCUT2D eigenvalue weighted by Crippen LogP contribution is -2.48. The minimum atomic E-state index is -1.99. The van der Waals surface area contributed by atoms with Gasteiger partial charge in [-0.1, -0.05) is 12.1 Å². The molecule has 1 aromatic carbocycles. The van der Waals surface area contributed by atoms with Gasteiger partial charge in [0.25, 0.3) is 0 Å². The van der Waals surface area contributed by atoms with E-state index in [0.717, 1.165) is 12.1 Å². The van der Waals surface area contributed by atoms with Gasteiger partial charge in [0, 0.05) is 7.11 Å². The van der Waals surface area contributed by atoms with Gasteiger partial charge in [-0.15, -0.1) is 0 Å². The maximum absolute atomic E-state index is 12.9. The molecule has 0 amide bonds. The van der Waals surface area contributed by atoms with Crippen molar-refractivity contribution in [2.75, 3.05) is 20.3 Å². The molecule has 1 rings (SSSR count). The molecule has 1 atom stereocenters. The van der Waals surface area contributed by atoms with Crippen LogP contribution in [0.3, 0.4) is 0 Å². The Morgan fingerprint density at radius 2 is 1.89 bits per heavy atom. The van der Waals surface area contributed by atoms with Crippen LogP contribution >= 0.6 is 0 Å². The molecule has 1 N–H and O–H groups in total. The molecule has 0 radical (unpaired) electrons. The van der Waals surface area contributed by atoms with Crippen molar-refractivity contribution in [3.63, 3.8) is 0 Å². The molecule has 0 saturated heterocycles. The number of methoxy groups -OCH3 is 1. The van der Waals surface area contributed by atoms with E-state index in [4.69, 9.17) is 9.47 Å². The summed E-state index contributed by atoms with van der Waals surface area (Å²) < 4.78 is 22.6. The summed E-state index contributed by atoms with van der Waals surface area (Å²) in [7, 11) is 1.28. The number of halogens is 1. The zero-order valence-corrected chi connectivity index (χ0v) is 10.7. The number of aliphatic carboxylic acids is 1. The Balaban J connectivity index is 3.34. The van der Waals surface area contributed by atoms with E-state index in [9.17, 15) is 19.1 Å². The Hall–Kier alpha value is -1.95. The molecular weight excluding hydrogens is 255 g/mol. The number of hydrogen-bond acceptors (Lipinski definition) is 4. The van der Waals surface area contributed by atoms with E-state index < -0.39 is 29.8 Å². The van der Waals surface area contributed by atoms with E-state index in [0.29, 0.717) is 0 Å². The lowest BCUT2D eigenvalue weighted by Gasteiger charge is -2.26. The van der Waals surface area contributed by atoms with Crippen molar-refractivity contribution in [2.24, 2.45) is 0 Å². The standard InChI is InChI=1S/C13H15FO5/c1-3-19-12(17)13(8-18-2,11(15)16)9-4-6-10(14)7-5-9/h4-7H,3,8H2,1-2H3,(H,15,16). The predicted molar refractivity (Wildman–Crippen MR) is 64.2 cm³/mol. The van der Waals surface area contributed by atoms with Crippen LogP contribution in [-0.4, -0.2) is 37.4 Å². The van der Waals surface area contributed by atoms with Gasteiger partial charge in [0.05, 0.1) is 13.2 Å². The van der Waals surface area contributed by atoms with Gasteiger partial charge in [-0.05, 0) is 24.6 Å². The smallest absolute Gasteiger partial charge is 0.330 e. The lowest BCUT2D eigenvalue weighted by atomic mass is 9.81. The molecule has 0 aliphatic carbocycles. The fraction of sp³-hybridized carbons (Fsp3) is 0.385. The molecule has 0 aliphatic heterocycles. The second kappa shape index (κ2) is 6.29. The first-order valence-corrected chi connectivity index (χ1v) is 5.64. The maximum Gasteiger partial charge on any atom is 0.330 e. The van der Waals surface area contributed by atoms with E-state index >= 15 is 0 Å². The Bertz CT molecular complexity index is 457. The van der Waals surface area contributed by atoms with E-state index in [-0.39, 0.29) is 12.2 Å². The van der Waals surface area contributed by atoms with Crippen LogP contribution in [0, 0.1) is 5.82 Å². The van der Waals surface area contributed by atoms with Gasteiger partial charge >= 0.3 is 11.9 Å². The van der Waals surface area contributed by atoms with Crippen LogP contribution in [0.5, 0.6) is 0 Å². The average Bonchev–Trinajstić information content (AvgIpc) is 2.37. The summed E-state index contributed by atoms with van der Waals surface area (Å²) in [5.41, 5.74) is -1.87. The Kier molecular flexibility index (Phi) is 5.00. The topological polar surface area (TPSA) is 72.8 Å². The van der Waals surface area contributed by atoms with Crippen molar-refractivity contribution in [1.29, 1.82) is 0 Å². The van der Waals surface area contributed by atoms with Crippen molar-refractivity contribution >= 4 is 11.9 Å². The average molecular weight is 270 g/mol. The number of carbonyl (C=O) groups excluding carboxylic acids is 1. The van der Waals surface area contributed by atoms with Gasteiger partial charge < -0.3 is 14.6 Å². The van der Waals surface area contributed by atoms with Crippen molar-refractivity contribution in [2.45, 2.75) is 12.3 Å². The number of carboxylic acid groups (broad SMARTS) is 1. The SMILES string of the molecule is CCOC(=O)C(COC)(C(=O)O)c1ccc(F)cc1. The number of carboxylic acids is 1. The molecule has 1 aromatic rings. The molecule has 6 heteroatoms. The Morgan fingerprint density at radius 1 is 1.32 bits per heavy atom. The number of carbonyl (C=O) groups is 2. The number of hydrogen-bond donors (Lipinski definition) is 1. The van der Waals surface area contributed by atoms with Crippen LogP contribution in [0.4, 0.5) is 4.39 Å². The Labute approximate surface area is 109 Å². The number of esters is 1. The van der Waals surface area contributed by atoms with E-state index in [1.165, 1.54) is 19.2 Å². The summed E-state index contributed by atoms with van der Waals surface area (Å²) >= 11 is 0. The van der Waals surface area contributed by atoms with Crippen molar-refractivity contribution in [3.05, 3.63) is 35.6 Å². The molecule has 19 heavy (non-hydrogen) atoms. The zero-order valence-electron chi connectivity index (χ0n) is 10.7. The highest BCUT2D eigenvalue weighted by molar-refractivity contribution is 6.05. The molecule has 0 bridgehead atoms. The second-order valence-corrected chi connectivity index (χ2v) is 3.87. The van der Waals surface area contributed by atoms with Crippen LogP contribution in [0.25, 0.3) is 0 Å². The van der Waals surface area contributed by atoms with Gasteiger partial charge in [-0.3, -0.25) is 9.59 Å². The van der Waals surface area contributed by atoms with Crippen molar-refractivity contribution < 1.29 is 28.6 Å². The van der Waals surface area contributed by atoms with Crippen molar-refractivity contribution in [1.82, 2.24) is 0 Å². The fourth-order valence-electron chi connectivity index (χ4n) is 1.74. The van der Waals surface area contributed by atoms with Gasteiger partial charge in [0.15, 0.2) is 0 Å². The minimum Gasteiger partial charge on any atom is -0.480 e. The summed E-state index contributed by atoms with van der Waals surface area (Å²) in [6.07, 6.45) is 0. The van der Waals surface area contributed by atoms with Gasteiger partial charge in [-0.2, -0.15) is 0 Å². The van der Waals surface area contributed by atoms with Crippen LogP contribution in [0.1, 0.15) is 12.5 Å². The number of ether oxygens (including phenoxy) is 2. The third-order valence-electron chi connectivity index (χ3n) is 2.69. The highest BCUT2D eigenvalue weighted by Crippen LogP contribution is 2.27. The van der Waals surface area contributed by atoms with Gasteiger partial charge in [-0.25, -0.2) is 4.39 Å². The highest BCUT2D eigenvalue weighted by Gasteiger charge is 2.49. The lowest BCUT2D eigenvalue weighted by molar-refractivity contribution is -0.164. The zero-order chi connectivity index (χ0) is 14.5. The Morgan fingerprint density at radius 3 is 2.32 bits per heavy atom. The van der Waals surface area contributed by atoms with Crippen LogP contribution in [0.15, 0.2) is 24.3 Å². The third kappa shape index (κ3) is 2.90. The molecule has 0 spiro atoms. The first-order chi connectivity index (χ1) is 8.98. The summed E-state index contributed by atoms with van der Waals surface area (Å²) in [4.78, 5) is 23.5. The minimum absolute atomic E-state index is 0.0404. The number of benzene rings is 1. The molecule has 5 nitrogen and oxygen atoms in total. The molecule has 0 saturated carbocycles. The molecule has 0 heterocycles. The third-order valence-corrected chi connectivity index (χ3v) is 2.69. The summed E-state index contributed by atoms with van der Waals surface area (Å²) in [6.45, 7) is 1.22. The maximum atomic E-state index is 12.9. The monoisotopic (exact) mass is 270 g/mol. The summed E-state index contributed by atoms with van der Waals surface area (Å²) in [5, 5.41) is 9.40. The first kappa shape index (κ1) is 15.1. The molecular formula is C13H15FO5. The molecule has 0 aliphatic rings. The van der Waals surface area contributed by atoms with Crippen LogP contribution < -0.4 is 0 Å². The van der Waals surface area contributed by atoms with Crippen LogP contribution in [-0.2, 0) is 24.5 Å². The quantitative estimate of drug-likeness (QED) is 0.624. The highest BCUT2D eigenvalue weighted by atomic mass is 19.1. The molecule has 0 aromatic heterocycles. The van der Waals surface area contributed by atoms with Crippen LogP contribution in [0.2, 0.25) is 0 Å². The van der Waals surface area contributed by atoms with Gasteiger partial charge in [0.2, 0.25) is 5.41 Å². The summed E-state index contributed by atoms with van der Waals surface area (Å²) in [6, 6.07) is 4.64. The van der Waals surface area contributed by atoms with E-state index in [1.807, 2.05) is 0 Å². The predicted octanol–water partition coefficient (Wildman–Crippen LogP) is 1.36. The normalized spacial score (nSPS) is 13.6. The molecule has 0 fully saturated rings. The van der Waals surface area contributed by atoms with E-state index in [2.05, 4.69) is 0 Å². The van der Waals surface area contributed by atoms with Crippen molar-refractivity contribution in [3.8, 4) is 0 Å². The van der Waals surface area contributed by atoms with E-state index in [1.54, 1.807) is 6.92 Å². The first-order valence-electron chi connectivity index (χ1n) is 5.64. The number of rotatable bonds is 6. The van der Waals surface area contributed by atoms with Gasteiger partial charge in [0.1, 0.15) is 5.82 Å². The second-order valence-electron chi connectivity index (χ2n) is 3.87. The largest absolute Gasteiger partial charge is 0.480 e. The fourth-order valence-corrected chi connectivity index (χ4v) is 1.74. The summed E-state index contributed by atoms with van der Waals surface area (Å²) in [5.74, 6) is -2.86. The molecule has 104 valence electrons.